The molecule has 1 saturated carbocycles. The number of aromatic nitrogens is 12. The first kappa shape index (κ1) is 55.0. The summed E-state index contributed by atoms with van der Waals surface area (Å²) in [6.45, 7) is 7.18. The maximum absolute atomic E-state index is 13.5. The topological polar surface area (TPSA) is 218 Å². The molecule has 0 bridgehead atoms. The molecule has 0 unspecified atom stereocenters. The highest BCUT2D eigenvalue weighted by molar-refractivity contribution is 6.31. The van der Waals surface area contributed by atoms with Crippen LogP contribution in [-0.2, 0) is 32.0 Å². The highest BCUT2D eigenvalue weighted by Gasteiger charge is 2.35. The second-order valence-corrected chi connectivity index (χ2v) is 20.8. The van der Waals surface area contributed by atoms with Crippen molar-refractivity contribution in [2.75, 3.05) is 13.1 Å². The van der Waals surface area contributed by atoms with Gasteiger partial charge in [-0.3, -0.25) is 24.1 Å². The molecule has 6 atom stereocenters. The number of likely N-dealkylation sites (tertiary alicyclic amines) is 1. The van der Waals surface area contributed by atoms with E-state index >= 15 is 0 Å². The lowest BCUT2D eigenvalue weighted by atomic mass is 9.77. The predicted octanol–water partition coefficient (Wildman–Crippen LogP) is 8.26. The zero-order valence-corrected chi connectivity index (χ0v) is 45.4. The number of piperidine rings is 1. The maximum atomic E-state index is 13.5. The number of nitrogens with one attached hydrogen (secondary N) is 2. The molecule has 0 spiro atoms. The third-order valence-electron chi connectivity index (χ3n) is 14.9. The summed E-state index contributed by atoms with van der Waals surface area (Å²) in [6.07, 6.45) is 17.1. The van der Waals surface area contributed by atoms with Gasteiger partial charge in [0, 0.05) is 53.6 Å². The highest BCUT2D eigenvalue weighted by atomic mass is 35.5. The predicted molar refractivity (Wildman–Crippen MR) is 295 cm³/mol. The Bertz CT molecular complexity index is 3260. The van der Waals surface area contributed by atoms with Crippen LogP contribution in [0, 0.1) is 5.92 Å². The Hall–Kier alpha value is -7.74. The molecule has 8 aromatic rings. The van der Waals surface area contributed by atoms with Crippen LogP contribution in [0.5, 0.6) is 0 Å². The molecule has 1 aliphatic heterocycles. The van der Waals surface area contributed by atoms with Crippen LogP contribution in [0.2, 0.25) is 10.0 Å². The summed E-state index contributed by atoms with van der Waals surface area (Å²) in [5.74, 6) is 0.208. The zero-order valence-electron chi connectivity index (χ0n) is 43.9. The van der Waals surface area contributed by atoms with Crippen molar-refractivity contribution >= 4 is 46.6 Å². The van der Waals surface area contributed by atoms with E-state index in [1.54, 1.807) is 47.7 Å². The van der Waals surface area contributed by atoms with Gasteiger partial charge in [0.05, 0.1) is 40.9 Å². The minimum Gasteiger partial charge on any atom is -0.346 e. The van der Waals surface area contributed by atoms with E-state index in [9.17, 15) is 19.2 Å². The van der Waals surface area contributed by atoms with Crippen LogP contribution >= 0.6 is 23.2 Å². The quantitative estimate of drug-likeness (QED) is 0.0780. The summed E-state index contributed by atoms with van der Waals surface area (Å²) in [7, 11) is 0. The van der Waals surface area contributed by atoms with Gasteiger partial charge >= 0.3 is 0 Å². The van der Waals surface area contributed by atoms with Gasteiger partial charge in [0.1, 0.15) is 12.7 Å². The normalized spacial score (nSPS) is 18.3. The second-order valence-electron chi connectivity index (χ2n) is 20.0. The van der Waals surface area contributed by atoms with Crippen molar-refractivity contribution in [3.8, 4) is 22.7 Å². The molecule has 19 nitrogen and oxygen atoms in total. The lowest BCUT2D eigenvalue weighted by Crippen LogP contribution is -2.53. The van der Waals surface area contributed by atoms with Crippen molar-refractivity contribution in [1.29, 1.82) is 0 Å². The van der Waals surface area contributed by atoms with Gasteiger partial charge in [0.15, 0.2) is 11.6 Å². The summed E-state index contributed by atoms with van der Waals surface area (Å²) < 4.78 is 6.78. The van der Waals surface area contributed by atoms with Crippen LogP contribution in [0.3, 0.4) is 0 Å². The van der Waals surface area contributed by atoms with Crippen LogP contribution in [0.1, 0.15) is 106 Å². The highest BCUT2D eigenvalue weighted by Crippen LogP contribution is 2.37. The Morgan fingerprint density at radius 3 is 1.63 bits per heavy atom. The Kier molecular flexibility index (Phi) is 18.4. The maximum Gasteiger partial charge on any atom is 0.237 e. The number of halogens is 2. The minimum absolute atomic E-state index is 0.0275. The SMILES string of the molecule is CCN1CC[C@H](c2cccc(-n3cccn3)c2)C[C@@H]1C(=O)N[C@@H](C)C(=O)CCc1cc(Cl)ccc1-n1cnnn1.C[C@H](NC(=O)[C@@H]1CCC[C@H](c2cccc(-n3cccn3)c2)C1)C(=O)CCc1cc(Cl)ccc1-n1cnnn1. The van der Waals surface area contributed by atoms with Crippen molar-refractivity contribution in [1.82, 2.24) is 75.5 Å². The number of hydrogen-bond acceptors (Lipinski definition) is 13. The van der Waals surface area contributed by atoms with Crippen LogP contribution in [-0.4, -0.2) is 119 Å². The molecule has 2 amide bonds. The number of hydrogen-bond donors (Lipinski definition) is 2. The number of rotatable bonds is 19. The van der Waals surface area contributed by atoms with Gasteiger partial charge in [0.2, 0.25) is 11.8 Å². The van der Waals surface area contributed by atoms with Crippen LogP contribution in [0.15, 0.2) is 135 Å². The zero-order chi connectivity index (χ0) is 54.5. The molecule has 10 rings (SSSR count). The van der Waals surface area contributed by atoms with E-state index in [1.807, 2.05) is 82.4 Å². The Labute approximate surface area is 462 Å². The van der Waals surface area contributed by atoms with Crippen LogP contribution in [0.4, 0.5) is 0 Å². The molecule has 5 heterocycles. The van der Waals surface area contributed by atoms with Gasteiger partial charge in [0.25, 0.3) is 0 Å². The standard InChI is InChI=1S/C29H33ClN8O2.C28H30ClN7O2/c1-3-36-15-12-22(21-6-4-7-25(17-21)37-14-5-13-32-37)18-27(36)29(40)33-20(2)28(39)11-8-23-16-24(30)9-10-26(23)38-19-31-34-35-38;1-19(27(37)12-9-22-16-24(29)10-11-26(22)36-18-30-33-34-36)32-28(38)23-7-2-5-20(15-23)21-6-3-8-25(17-21)35-14-4-13-31-35/h4-7,9-10,13-14,16-17,19-20,22,27H,3,8,11-12,15,18H2,1-2H3,(H,33,40);3-4,6,8,10-11,13-14,16-20,23H,2,5,7,9,12,15H2,1H3,(H,32,38)/t20-,22-,27+;19-,20-,23+/m00/s1. The summed E-state index contributed by atoms with van der Waals surface area (Å²) in [6, 6.07) is 29.9. The van der Waals surface area contributed by atoms with E-state index in [0.29, 0.717) is 35.2 Å². The molecule has 1 aliphatic carbocycles. The fourth-order valence-electron chi connectivity index (χ4n) is 10.6. The average molecular weight is 1090 g/mol. The lowest BCUT2D eigenvalue weighted by molar-refractivity contribution is -0.132. The number of carbonyl (C=O) groups excluding carboxylic acids is 4. The number of benzene rings is 4. The van der Waals surface area contributed by atoms with E-state index in [1.165, 1.54) is 23.8 Å². The summed E-state index contributed by atoms with van der Waals surface area (Å²) in [5.41, 5.74) is 7.70. The molecule has 2 N–H and O–H groups in total. The number of tetrazole rings is 2. The van der Waals surface area contributed by atoms with Crippen molar-refractivity contribution < 1.29 is 19.2 Å². The lowest BCUT2D eigenvalue weighted by Gasteiger charge is -2.38. The summed E-state index contributed by atoms with van der Waals surface area (Å²) in [5, 5.41) is 38.4. The number of carbonyl (C=O) groups is 4. The monoisotopic (exact) mass is 1090 g/mol. The Morgan fingerprint density at radius 2 is 1.14 bits per heavy atom. The first-order chi connectivity index (χ1) is 37.9. The molecule has 78 heavy (non-hydrogen) atoms. The van der Waals surface area contributed by atoms with E-state index < -0.39 is 12.1 Å². The van der Waals surface area contributed by atoms with Crippen LogP contribution in [0.25, 0.3) is 22.7 Å². The Balaban J connectivity index is 0.000000190. The summed E-state index contributed by atoms with van der Waals surface area (Å²) in [4.78, 5) is 54.9. The molecule has 1 saturated heterocycles. The van der Waals surface area contributed by atoms with E-state index in [2.05, 4.69) is 88.0 Å². The molecule has 2 fully saturated rings. The fourth-order valence-corrected chi connectivity index (χ4v) is 11.0. The van der Waals surface area contributed by atoms with E-state index in [4.69, 9.17) is 23.2 Å². The number of ketones is 2. The first-order valence-electron chi connectivity index (χ1n) is 26.5. The third-order valence-corrected chi connectivity index (χ3v) is 15.4. The van der Waals surface area contributed by atoms with E-state index in [-0.39, 0.29) is 54.1 Å². The summed E-state index contributed by atoms with van der Waals surface area (Å²) >= 11 is 12.4. The fraction of sp³-hybridized carbons (Fsp3) is 0.368. The van der Waals surface area contributed by atoms with Gasteiger partial charge < -0.3 is 10.6 Å². The molecular weight excluding hydrogens is 1030 g/mol. The largest absolute Gasteiger partial charge is 0.346 e. The molecule has 21 heteroatoms. The van der Waals surface area contributed by atoms with Gasteiger partial charge in [-0.2, -0.15) is 10.2 Å². The van der Waals surface area contributed by atoms with Crippen molar-refractivity contribution in [2.24, 2.45) is 5.92 Å². The molecule has 404 valence electrons. The number of likely N-dealkylation sites (N-methyl/N-ethyl adjacent to an activating group) is 1. The molecule has 4 aromatic heterocycles. The number of Topliss-reactive ketones (excluding diaryl/α,β-unsaturated/α-hetero) is 2. The third kappa shape index (κ3) is 13.9. The van der Waals surface area contributed by atoms with Gasteiger partial charge in [-0.1, -0.05) is 60.8 Å². The first-order valence-corrected chi connectivity index (χ1v) is 27.3. The second kappa shape index (κ2) is 26.1. The van der Waals surface area contributed by atoms with Crippen LogP contribution < -0.4 is 10.6 Å². The van der Waals surface area contributed by atoms with Gasteiger partial charge in [-0.15, -0.1) is 10.2 Å². The van der Waals surface area contributed by atoms with Crippen molar-refractivity contribution in [3.05, 3.63) is 167 Å². The molecule has 0 radical (unpaired) electrons. The average Bonchev–Trinajstić information content (AvgIpc) is 4.37. The molecule has 2 aliphatic rings. The van der Waals surface area contributed by atoms with Crippen molar-refractivity contribution in [2.45, 2.75) is 115 Å². The molecule has 4 aromatic carbocycles. The number of nitrogens with zero attached hydrogens (tertiary/aromatic N) is 13. The molecular formula is C57H63Cl2N15O4. The smallest absolute Gasteiger partial charge is 0.237 e. The van der Waals surface area contributed by atoms with Gasteiger partial charge in [-0.25, -0.2) is 18.7 Å². The number of amides is 2. The van der Waals surface area contributed by atoms with E-state index in [0.717, 1.165) is 79.1 Å². The van der Waals surface area contributed by atoms with Gasteiger partial charge in [-0.05, 0) is 200 Å². The van der Waals surface area contributed by atoms with Crippen molar-refractivity contribution in [3.63, 3.8) is 0 Å². The Morgan fingerprint density at radius 1 is 0.615 bits per heavy atom. The number of aryl methyl sites for hydroxylation is 2. The minimum atomic E-state index is -0.606.